The smallest absolute Gasteiger partial charge is 0.235 e. The maximum absolute atomic E-state index is 12.1. The standard InChI is InChI=1S/C14H13N5OS2/c1-10-7-12(19(18-10)11-5-3-2-4-6-11)16-13(20)8-21-14-17-15-9-22-14/h2-7,9H,8H2,1H3,(H,16,20). The van der Waals surface area contributed by atoms with Gasteiger partial charge in [-0.3, -0.25) is 4.79 Å². The van der Waals surface area contributed by atoms with Crippen molar-refractivity contribution in [3.63, 3.8) is 0 Å². The van der Waals surface area contributed by atoms with Gasteiger partial charge in [-0.05, 0) is 19.1 Å². The van der Waals surface area contributed by atoms with Gasteiger partial charge in [-0.15, -0.1) is 10.2 Å². The number of carbonyl (C=O) groups excluding carboxylic acids is 1. The molecule has 0 atom stereocenters. The second-order valence-corrected chi connectivity index (χ2v) is 6.52. The van der Waals surface area contributed by atoms with E-state index in [1.807, 2.05) is 43.3 Å². The monoisotopic (exact) mass is 331 g/mol. The van der Waals surface area contributed by atoms with Gasteiger partial charge in [0, 0.05) is 6.07 Å². The molecule has 0 bridgehead atoms. The molecule has 3 aromatic rings. The van der Waals surface area contributed by atoms with E-state index in [0.717, 1.165) is 15.7 Å². The SMILES string of the molecule is Cc1cc(NC(=O)CSc2nncs2)n(-c2ccccc2)n1. The molecular formula is C14H13N5OS2. The summed E-state index contributed by atoms with van der Waals surface area (Å²) in [5.41, 5.74) is 3.40. The summed E-state index contributed by atoms with van der Waals surface area (Å²) in [7, 11) is 0. The lowest BCUT2D eigenvalue weighted by Crippen LogP contribution is -2.16. The van der Waals surface area contributed by atoms with E-state index in [2.05, 4.69) is 20.6 Å². The number of aryl methyl sites for hydroxylation is 1. The molecule has 0 aliphatic carbocycles. The Labute approximate surface area is 135 Å². The highest BCUT2D eigenvalue weighted by Gasteiger charge is 2.11. The molecule has 112 valence electrons. The molecule has 6 nitrogen and oxygen atoms in total. The Bertz CT molecular complexity index is 755. The first-order valence-electron chi connectivity index (χ1n) is 6.53. The van der Waals surface area contributed by atoms with Crippen molar-refractivity contribution in [1.82, 2.24) is 20.0 Å². The minimum Gasteiger partial charge on any atom is -0.310 e. The van der Waals surface area contributed by atoms with Crippen LogP contribution < -0.4 is 5.32 Å². The third-order valence-corrected chi connectivity index (χ3v) is 4.63. The van der Waals surface area contributed by atoms with Crippen molar-refractivity contribution < 1.29 is 4.79 Å². The third kappa shape index (κ3) is 3.52. The Morgan fingerprint density at radius 2 is 2.18 bits per heavy atom. The van der Waals surface area contributed by atoms with Gasteiger partial charge in [0.2, 0.25) is 5.91 Å². The van der Waals surface area contributed by atoms with E-state index in [-0.39, 0.29) is 11.7 Å². The fourth-order valence-corrected chi connectivity index (χ4v) is 3.17. The number of nitrogens with one attached hydrogen (secondary N) is 1. The van der Waals surface area contributed by atoms with Crippen molar-refractivity contribution in [3.8, 4) is 5.69 Å². The van der Waals surface area contributed by atoms with E-state index in [0.29, 0.717) is 5.82 Å². The minimum atomic E-state index is -0.0997. The molecule has 0 aliphatic rings. The Balaban J connectivity index is 1.71. The van der Waals surface area contributed by atoms with Gasteiger partial charge in [0.1, 0.15) is 11.3 Å². The number of aromatic nitrogens is 4. The van der Waals surface area contributed by atoms with Crippen LogP contribution in [0, 0.1) is 6.92 Å². The molecule has 2 aromatic heterocycles. The van der Waals surface area contributed by atoms with Crippen molar-refractivity contribution >= 4 is 34.8 Å². The van der Waals surface area contributed by atoms with E-state index in [9.17, 15) is 4.79 Å². The number of para-hydroxylation sites is 1. The van der Waals surface area contributed by atoms with Gasteiger partial charge in [-0.1, -0.05) is 41.3 Å². The van der Waals surface area contributed by atoms with Crippen LogP contribution in [0.15, 0.2) is 46.2 Å². The molecule has 0 fully saturated rings. The predicted molar refractivity (Wildman–Crippen MR) is 87.6 cm³/mol. The Hall–Kier alpha value is -2.19. The van der Waals surface area contributed by atoms with Crippen LogP contribution in [0.5, 0.6) is 0 Å². The number of rotatable bonds is 5. The molecule has 2 heterocycles. The van der Waals surface area contributed by atoms with Crippen LogP contribution in [-0.4, -0.2) is 31.6 Å². The highest BCUT2D eigenvalue weighted by molar-refractivity contribution is 8.01. The van der Waals surface area contributed by atoms with Crippen molar-refractivity contribution in [3.05, 3.63) is 47.6 Å². The Morgan fingerprint density at radius 1 is 1.36 bits per heavy atom. The van der Waals surface area contributed by atoms with Gasteiger partial charge in [-0.2, -0.15) is 5.10 Å². The predicted octanol–water partition coefficient (Wildman–Crippen LogP) is 2.76. The van der Waals surface area contributed by atoms with Gasteiger partial charge in [0.05, 0.1) is 17.1 Å². The number of amides is 1. The van der Waals surface area contributed by atoms with Gasteiger partial charge in [-0.25, -0.2) is 4.68 Å². The van der Waals surface area contributed by atoms with Crippen LogP contribution in [0.1, 0.15) is 5.69 Å². The average Bonchev–Trinajstić information content (AvgIpc) is 3.16. The highest BCUT2D eigenvalue weighted by Crippen LogP contribution is 2.20. The summed E-state index contributed by atoms with van der Waals surface area (Å²) in [6.45, 7) is 1.89. The Kier molecular flexibility index (Phi) is 4.50. The Morgan fingerprint density at radius 3 is 2.91 bits per heavy atom. The normalized spacial score (nSPS) is 10.6. The number of benzene rings is 1. The summed E-state index contributed by atoms with van der Waals surface area (Å²) in [5.74, 6) is 0.845. The summed E-state index contributed by atoms with van der Waals surface area (Å²) in [6, 6.07) is 11.5. The van der Waals surface area contributed by atoms with E-state index in [1.54, 1.807) is 10.2 Å². The van der Waals surface area contributed by atoms with Crippen LogP contribution in [0.4, 0.5) is 5.82 Å². The summed E-state index contributed by atoms with van der Waals surface area (Å²) < 4.78 is 2.51. The second-order valence-electron chi connectivity index (χ2n) is 4.46. The number of carbonyl (C=O) groups is 1. The maximum Gasteiger partial charge on any atom is 0.235 e. The average molecular weight is 331 g/mol. The molecule has 0 saturated carbocycles. The van der Waals surface area contributed by atoms with Crippen LogP contribution in [0.2, 0.25) is 0 Å². The largest absolute Gasteiger partial charge is 0.310 e. The van der Waals surface area contributed by atoms with E-state index < -0.39 is 0 Å². The molecule has 0 spiro atoms. The van der Waals surface area contributed by atoms with Crippen LogP contribution >= 0.6 is 23.1 Å². The van der Waals surface area contributed by atoms with Crippen molar-refractivity contribution in [2.45, 2.75) is 11.3 Å². The molecule has 22 heavy (non-hydrogen) atoms. The van der Waals surface area contributed by atoms with Crippen molar-refractivity contribution in [2.24, 2.45) is 0 Å². The quantitative estimate of drug-likeness (QED) is 0.728. The molecule has 0 unspecified atom stereocenters. The van der Waals surface area contributed by atoms with E-state index in [4.69, 9.17) is 0 Å². The maximum atomic E-state index is 12.1. The summed E-state index contributed by atoms with van der Waals surface area (Å²) in [6.07, 6.45) is 0. The molecule has 0 aliphatic heterocycles. The number of anilines is 1. The fourth-order valence-electron chi connectivity index (χ4n) is 1.89. The summed E-state index contributed by atoms with van der Waals surface area (Å²) in [4.78, 5) is 12.1. The first kappa shape index (κ1) is 14.7. The van der Waals surface area contributed by atoms with E-state index in [1.165, 1.54) is 23.1 Å². The molecular weight excluding hydrogens is 318 g/mol. The third-order valence-electron chi connectivity index (χ3n) is 2.77. The van der Waals surface area contributed by atoms with Crippen LogP contribution in [-0.2, 0) is 4.79 Å². The topological polar surface area (TPSA) is 72.7 Å². The second kappa shape index (κ2) is 6.71. The van der Waals surface area contributed by atoms with E-state index >= 15 is 0 Å². The number of nitrogens with zero attached hydrogens (tertiary/aromatic N) is 4. The number of thioether (sulfide) groups is 1. The van der Waals surface area contributed by atoms with Gasteiger partial charge in [0.15, 0.2) is 4.34 Å². The molecule has 3 rings (SSSR count). The van der Waals surface area contributed by atoms with Gasteiger partial charge >= 0.3 is 0 Å². The molecule has 1 aromatic carbocycles. The van der Waals surface area contributed by atoms with Gasteiger partial charge in [0.25, 0.3) is 0 Å². The zero-order valence-corrected chi connectivity index (χ0v) is 13.4. The molecule has 0 radical (unpaired) electrons. The highest BCUT2D eigenvalue weighted by atomic mass is 32.2. The van der Waals surface area contributed by atoms with Crippen LogP contribution in [0.3, 0.4) is 0 Å². The zero-order valence-electron chi connectivity index (χ0n) is 11.8. The fraction of sp³-hybridized carbons (Fsp3) is 0.143. The number of hydrogen-bond acceptors (Lipinski definition) is 6. The first-order chi connectivity index (χ1) is 10.7. The minimum absolute atomic E-state index is 0.0997. The molecule has 0 saturated heterocycles. The van der Waals surface area contributed by atoms with Crippen molar-refractivity contribution in [2.75, 3.05) is 11.1 Å². The summed E-state index contributed by atoms with van der Waals surface area (Å²) >= 11 is 2.78. The lowest BCUT2D eigenvalue weighted by atomic mass is 10.3. The lowest BCUT2D eigenvalue weighted by Gasteiger charge is -2.08. The molecule has 1 N–H and O–H groups in total. The molecule has 8 heteroatoms. The number of hydrogen-bond donors (Lipinski definition) is 1. The van der Waals surface area contributed by atoms with Crippen molar-refractivity contribution in [1.29, 1.82) is 0 Å². The van der Waals surface area contributed by atoms with Crippen LogP contribution in [0.25, 0.3) is 5.69 Å². The van der Waals surface area contributed by atoms with Gasteiger partial charge < -0.3 is 5.32 Å². The first-order valence-corrected chi connectivity index (χ1v) is 8.40. The lowest BCUT2D eigenvalue weighted by molar-refractivity contribution is -0.113. The summed E-state index contributed by atoms with van der Waals surface area (Å²) in [5, 5.41) is 14.9. The zero-order chi connectivity index (χ0) is 15.4. The molecule has 1 amide bonds.